The molecule has 0 aromatic rings. The van der Waals surface area contributed by atoms with Crippen molar-refractivity contribution < 1.29 is 8.42 Å². The smallest absolute Gasteiger partial charge is 0.279 e. The predicted octanol–water partition coefficient (Wildman–Crippen LogP) is 1.28. The Balaban J connectivity index is 1.80. The number of nitrogens with zero attached hydrogens (tertiary/aromatic N) is 1. The normalized spacial score (nSPS) is 28.3. The summed E-state index contributed by atoms with van der Waals surface area (Å²) in [6.45, 7) is 7.06. The lowest BCUT2D eigenvalue weighted by atomic mass is 9.99. The molecule has 0 radical (unpaired) electrons. The first-order chi connectivity index (χ1) is 9.97. The van der Waals surface area contributed by atoms with E-state index in [-0.39, 0.29) is 0 Å². The third-order valence-electron chi connectivity index (χ3n) is 4.21. The molecule has 2 rings (SSSR count). The maximum atomic E-state index is 12.4. The van der Waals surface area contributed by atoms with Crippen LogP contribution in [0.1, 0.15) is 33.1 Å². The van der Waals surface area contributed by atoms with Crippen LogP contribution in [0.15, 0.2) is 0 Å². The number of rotatable bonds is 7. The Bertz CT molecular complexity index is 408. The van der Waals surface area contributed by atoms with Gasteiger partial charge in [0.2, 0.25) is 0 Å². The second-order valence-electron chi connectivity index (χ2n) is 6.51. The van der Waals surface area contributed by atoms with Gasteiger partial charge in [-0.15, -0.1) is 0 Å². The molecule has 0 saturated carbocycles. The molecule has 0 aromatic carbocycles. The van der Waals surface area contributed by atoms with E-state index in [0.717, 1.165) is 31.6 Å². The number of thioether (sulfide) groups is 1. The molecule has 2 unspecified atom stereocenters. The Labute approximate surface area is 133 Å². The molecule has 0 amide bonds. The predicted molar refractivity (Wildman–Crippen MR) is 89.8 cm³/mol. The van der Waals surface area contributed by atoms with Crippen LogP contribution in [0.5, 0.6) is 0 Å². The number of hydrogen-bond donors (Lipinski definition) is 2. The van der Waals surface area contributed by atoms with Gasteiger partial charge in [-0.25, -0.2) is 4.72 Å². The van der Waals surface area contributed by atoms with Gasteiger partial charge in [-0.2, -0.15) is 24.5 Å². The van der Waals surface area contributed by atoms with Crippen molar-refractivity contribution in [3.05, 3.63) is 0 Å². The summed E-state index contributed by atoms with van der Waals surface area (Å²) in [5.74, 6) is 3.19. The van der Waals surface area contributed by atoms with Crippen molar-refractivity contribution in [2.75, 3.05) is 37.7 Å². The Morgan fingerprint density at radius 1 is 1.24 bits per heavy atom. The van der Waals surface area contributed by atoms with Gasteiger partial charge in [-0.05, 0) is 49.1 Å². The van der Waals surface area contributed by atoms with Gasteiger partial charge < -0.3 is 5.32 Å². The molecule has 2 fully saturated rings. The lowest BCUT2D eigenvalue weighted by Gasteiger charge is -2.32. The van der Waals surface area contributed by atoms with Crippen LogP contribution in [0.25, 0.3) is 0 Å². The van der Waals surface area contributed by atoms with Crippen molar-refractivity contribution in [1.29, 1.82) is 0 Å². The summed E-state index contributed by atoms with van der Waals surface area (Å²) in [4.78, 5) is 0. The summed E-state index contributed by atoms with van der Waals surface area (Å²) in [5, 5.41) is 3.42. The summed E-state index contributed by atoms with van der Waals surface area (Å²) < 4.78 is 29.3. The quantitative estimate of drug-likeness (QED) is 0.736. The molecule has 0 aliphatic carbocycles. The van der Waals surface area contributed by atoms with Crippen LogP contribution >= 0.6 is 11.8 Å². The van der Waals surface area contributed by atoms with Crippen molar-refractivity contribution in [2.24, 2.45) is 11.8 Å². The van der Waals surface area contributed by atoms with E-state index >= 15 is 0 Å². The van der Waals surface area contributed by atoms with Crippen LogP contribution in [0.4, 0.5) is 0 Å². The lowest BCUT2D eigenvalue weighted by molar-refractivity contribution is 0.254. The van der Waals surface area contributed by atoms with Gasteiger partial charge in [0, 0.05) is 25.7 Å². The first-order valence-electron chi connectivity index (χ1n) is 8.03. The summed E-state index contributed by atoms with van der Waals surface area (Å²) in [6.07, 6.45) is 3.21. The van der Waals surface area contributed by atoms with Crippen molar-refractivity contribution in [3.8, 4) is 0 Å². The van der Waals surface area contributed by atoms with Crippen LogP contribution in [0.2, 0.25) is 0 Å². The maximum Gasteiger partial charge on any atom is 0.279 e. The molecule has 2 saturated heterocycles. The topological polar surface area (TPSA) is 61.4 Å². The molecule has 5 nitrogen and oxygen atoms in total. The fraction of sp³-hybridized carbons (Fsp3) is 1.00. The van der Waals surface area contributed by atoms with E-state index in [9.17, 15) is 8.42 Å². The highest BCUT2D eigenvalue weighted by Crippen LogP contribution is 2.23. The highest BCUT2D eigenvalue weighted by molar-refractivity contribution is 7.99. The zero-order valence-electron chi connectivity index (χ0n) is 13.2. The van der Waals surface area contributed by atoms with Crippen LogP contribution in [-0.4, -0.2) is 56.4 Å². The largest absolute Gasteiger partial charge is 0.314 e. The minimum atomic E-state index is -3.30. The number of nitrogens with one attached hydrogen (secondary N) is 2. The molecule has 0 spiro atoms. The van der Waals surface area contributed by atoms with Gasteiger partial charge in [0.15, 0.2) is 0 Å². The van der Waals surface area contributed by atoms with Gasteiger partial charge in [-0.3, -0.25) is 0 Å². The third-order valence-corrected chi connectivity index (χ3v) is 6.99. The lowest BCUT2D eigenvalue weighted by Crippen LogP contribution is -2.48. The molecule has 21 heavy (non-hydrogen) atoms. The van der Waals surface area contributed by atoms with Crippen molar-refractivity contribution in [2.45, 2.75) is 39.2 Å². The zero-order valence-corrected chi connectivity index (χ0v) is 14.8. The van der Waals surface area contributed by atoms with E-state index in [4.69, 9.17) is 0 Å². The van der Waals surface area contributed by atoms with E-state index in [2.05, 4.69) is 23.9 Å². The average Bonchev–Trinajstić information content (AvgIpc) is 2.97. The zero-order chi connectivity index (χ0) is 15.3. The van der Waals surface area contributed by atoms with Crippen molar-refractivity contribution in [3.63, 3.8) is 0 Å². The summed E-state index contributed by atoms with van der Waals surface area (Å²) >= 11 is 1.92. The highest BCUT2D eigenvalue weighted by atomic mass is 32.2. The molecule has 2 heterocycles. The second kappa shape index (κ2) is 8.15. The molecule has 2 atom stereocenters. The molecule has 0 bridgehead atoms. The molecule has 2 aliphatic rings. The first kappa shape index (κ1) is 17.5. The summed E-state index contributed by atoms with van der Waals surface area (Å²) in [5.41, 5.74) is 0. The van der Waals surface area contributed by atoms with Gasteiger partial charge in [0.1, 0.15) is 0 Å². The van der Waals surface area contributed by atoms with Gasteiger partial charge in [-0.1, -0.05) is 13.8 Å². The van der Waals surface area contributed by atoms with Crippen LogP contribution in [0, 0.1) is 11.8 Å². The molecule has 7 heteroatoms. The Morgan fingerprint density at radius 3 is 2.71 bits per heavy atom. The Morgan fingerprint density at radius 2 is 2.05 bits per heavy atom. The van der Waals surface area contributed by atoms with Gasteiger partial charge >= 0.3 is 0 Å². The maximum absolute atomic E-state index is 12.4. The first-order valence-corrected chi connectivity index (χ1v) is 10.6. The van der Waals surface area contributed by atoms with Crippen molar-refractivity contribution >= 4 is 22.0 Å². The van der Waals surface area contributed by atoms with Crippen LogP contribution in [-0.2, 0) is 10.2 Å². The van der Waals surface area contributed by atoms with E-state index in [1.54, 1.807) is 4.31 Å². The van der Waals surface area contributed by atoms with Gasteiger partial charge in [0.05, 0.1) is 0 Å². The second-order valence-corrected chi connectivity index (χ2v) is 9.42. The number of hydrogen-bond acceptors (Lipinski definition) is 4. The van der Waals surface area contributed by atoms with Crippen LogP contribution < -0.4 is 10.0 Å². The third kappa shape index (κ3) is 5.71. The average molecular weight is 336 g/mol. The summed E-state index contributed by atoms with van der Waals surface area (Å²) in [7, 11) is -3.30. The molecule has 2 N–H and O–H groups in total. The van der Waals surface area contributed by atoms with Gasteiger partial charge in [0.25, 0.3) is 10.2 Å². The van der Waals surface area contributed by atoms with Crippen molar-refractivity contribution in [1.82, 2.24) is 14.3 Å². The SMILES string of the molecule is CC(C)NCC1CCCN(S(=O)(=O)NCC2CCSC2)C1. The molecular weight excluding hydrogens is 306 g/mol. The monoisotopic (exact) mass is 335 g/mol. The highest BCUT2D eigenvalue weighted by Gasteiger charge is 2.29. The number of piperidine rings is 1. The minimum absolute atomic E-state index is 0.430. The fourth-order valence-electron chi connectivity index (χ4n) is 2.87. The van der Waals surface area contributed by atoms with E-state index in [1.807, 2.05) is 11.8 Å². The Hall–Kier alpha value is 0.180. The molecule has 124 valence electrons. The van der Waals surface area contributed by atoms with E-state index < -0.39 is 10.2 Å². The van der Waals surface area contributed by atoms with E-state index in [0.29, 0.717) is 37.5 Å². The minimum Gasteiger partial charge on any atom is -0.314 e. The molecular formula is C14H29N3O2S2. The standard InChI is InChI=1S/C14H29N3O2S2/c1-12(2)15-8-13-4-3-6-17(10-13)21(18,19)16-9-14-5-7-20-11-14/h12-16H,3-11H2,1-2H3. The van der Waals surface area contributed by atoms with E-state index in [1.165, 1.54) is 5.75 Å². The molecule has 2 aliphatic heterocycles. The Kier molecular flexibility index (Phi) is 6.80. The van der Waals surface area contributed by atoms with Crippen LogP contribution in [0.3, 0.4) is 0 Å². The fourth-order valence-corrected chi connectivity index (χ4v) is 5.56. The molecule has 0 aromatic heterocycles. The summed E-state index contributed by atoms with van der Waals surface area (Å²) in [6, 6.07) is 0.454.